The topological polar surface area (TPSA) is 38.0 Å². The van der Waals surface area contributed by atoms with Crippen LogP contribution in [0.25, 0.3) is 0 Å². The Kier molecular flexibility index (Phi) is 4.74. The summed E-state index contributed by atoms with van der Waals surface area (Å²) >= 11 is 10.3. The summed E-state index contributed by atoms with van der Waals surface area (Å²) in [6.07, 6.45) is 1.00. The highest BCUT2D eigenvalue weighted by Gasteiger charge is 2.05. The van der Waals surface area contributed by atoms with Gasteiger partial charge in [0.15, 0.2) is 0 Å². The van der Waals surface area contributed by atoms with Crippen molar-refractivity contribution < 1.29 is 0 Å². The Labute approximate surface area is 124 Å². The number of rotatable bonds is 5. The average Bonchev–Trinajstić information content (AvgIpc) is 2.82. The lowest BCUT2D eigenvalue weighted by Gasteiger charge is -2.11. The first-order valence-corrected chi connectivity index (χ1v) is 7.60. The van der Waals surface area contributed by atoms with E-state index >= 15 is 0 Å². The van der Waals surface area contributed by atoms with E-state index in [4.69, 9.17) is 18.0 Å². The number of halogens is 1. The van der Waals surface area contributed by atoms with E-state index in [1.807, 2.05) is 18.2 Å². The summed E-state index contributed by atoms with van der Waals surface area (Å²) in [6.45, 7) is 0.868. The largest absolute Gasteiger partial charge is 0.389 e. The molecule has 0 saturated heterocycles. The van der Waals surface area contributed by atoms with Crippen molar-refractivity contribution in [2.24, 2.45) is 5.73 Å². The van der Waals surface area contributed by atoms with Crippen LogP contribution in [-0.2, 0) is 6.42 Å². The van der Waals surface area contributed by atoms with E-state index in [0.29, 0.717) is 4.99 Å². The number of nitrogens with one attached hydrogen (secondary N) is 1. The Hall–Kier alpha value is -0.910. The van der Waals surface area contributed by atoms with Crippen LogP contribution < -0.4 is 11.1 Å². The van der Waals surface area contributed by atoms with Gasteiger partial charge in [-0.2, -0.15) is 0 Å². The van der Waals surface area contributed by atoms with Gasteiger partial charge in [0.25, 0.3) is 0 Å². The highest BCUT2D eigenvalue weighted by Crippen LogP contribution is 2.21. The van der Waals surface area contributed by atoms with Crippen LogP contribution in [0.2, 0.25) is 0 Å². The van der Waals surface area contributed by atoms with Gasteiger partial charge in [-0.3, -0.25) is 0 Å². The molecule has 3 N–H and O–H groups in total. The minimum Gasteiger partial charge on any atom is -0.389 e. The van der Waals surface area contributed by atoms with Gasteiger partial charge >= 0.3 is 0 Å². The smallest absolute Gasteiger partial charge is 0.106 e. The molecule has 5 heteroatoms. The van der Waals surface area contributed by atoms with Crippen LogP contribution in [0.1, 0.15) is 10.4 Å². The zero-order valence-electron chi connectivity index (χ0n) is 9.65. The minimum absolute atomic E-state index is 0.418. The molecule has 0 unspecified atom stereocenters. The Morgan fingerprint density at radius 2 is 2.22 bits per heavy atom. The van der Waals surface area contributed by atoms with Crippen LogP contribution in [0.4, 0.5) is 5.69 Å². The van der Waals surface area contributed by atoms with Crippen molar-refractivity contribution in [3.8, 4) is 0 Å². The van der Waals surface area contributed by atoms with Gasteiger partial charge in [0.2, 0.25) is 0 Å². The second-order valence-corrected chi connectivity index (χ2v) is 6.20. The molecule has 1 aromatic carbocycles. The molecule has 1 aromatic heterocycles. The molecule has 0 aliphatic rings. The third kappa shape index (κ3) is 3.54. The number of hydrogen-bond donors (Lipinski definition) is 2. The zero-order chi connectivity index (χ0) is 13.0. The van der Waals surface area contributed by atoms with Gasteiger partial charge in [0.05, 0.1) is 0 Å². The molecule has 94 valence electrons. The van der Waals surface area contributed by atoms with Crippen molar-refractivity contribution >= 4 is 50.2 Å². The summed E-state index contributed by atoms with van der Waals surface area (Å²) in [6, 6.07) is 10.1. The number of thiocarbonyl (C=S) groups is 1. The molecular weight excluding hydrogens is 328 g/mol. The maximum atomic E-state index is 5.71. The fourth-order valence-corrected chi connectivity index (χ4v) is 2.90. The fourth-order valence-electron chi connectivity index (χ4n) is 1.65. The molecule has 2 rings (SSSR count). The molecule has 2 nitrogen and oxygen atoms in total. The first-order chi connectivity index (χ1) is 8.66. The van der Waals surface area contributed by atoms with Crippen molar-refractivity contribution in [3.05, 3.63) is 50.6 Å². The lowest BCUT2D eigenvalue weighted by molar-refractivity contribution is 1.04. The summed E-state index contributed by atoms with van der Waals surface area (Å²) in [5, 5.41) is 5.48. The fraction of sp³-hybridized carbons (Fsp3) is 0.154. The zero-order valence-corrected chi connectivity index (χ0v) is 12.9. The lowest BCUT2D eigenvalue weighted by atomic mass is 10.1. The van der Waals surface area contributed by atoms with E-state index < -0.39 is 0 Å². The monoisotopic (exact) mass is 340 g/mol. The predicted molar refractivity (Wildman–Crippen MR) is 86.5 cm³/mol. The number of nitrogens with two attached hydrogens (primary N) is 1. The Morgan fingerprint density at radius 3 is 2.89 bits per heavy atom. The van der Waals surface area contributed by atoms with Crippen LogP contribution in [0.15, 0.2) is 40.2 Å². The van der Waals surface area contributed by atoms with E-state index in [2.05, 4.69) is 38.8 Å². The molecule has 0 spiro atoms. The summed E-state index contributed by atoms with van der Waals surface area (Å²) in [5.41, 5.74) is 7.58. The maximum Gasteiger partial charge on any atom is 0.106 e. The molecule has 18 heavy (non-hydrogen) atoms. The summed E-state index contributed by atoms with van der Waals surface area (Å²) in [5.74, 6) is 0. The van der Waals surface area contributed by atoms with Crippen molar-refractivity contribution in [2.45, 2.75) is 6.42 Å². The molecule has 1 heterocycles. The Bertz CT molecular complexity index is 538. The summed E-state index contributed by atoms with van der Waals surface area (Å²) < 4.78 is 1.01. The Balaban J connectivity index is 2.03. The average molecular weight is 341 g/mol. The first-order valence-electron chi connectivity index (χ1n) is 5.52. The molecule has 2 aromatic rings. The van der Waals surface area contributed by atoms with E-state index in [9.17, 15) is 0 Å². The first kappa shape index (κ1) is 13.5. The predicted octanol–water partition coefficient (Wildman–Crippen LogP) is 3.80. The molecule has 0 bridgehead atoms. The van der Waals surface area contributed by atoms with Gasteiger partial charge in [0, 0.05) is 27.1 Å². The number of benzene rings is 1. The van der Waals surface area contributed by atoms with Crippen molar-refractivity contribution in [2.75, 3.05) is 11.9 Å². The SMILES string of the molecule is NC(=S)c1ccc(Br)cc1NCCc1cccs1. The minimum atomic E-state index is 0.418. The van der Waals surface area contributed by atoms with Crippen molar-refractivity contribution in [3.63, 3.8) is 0 Å². The number of hydrogen-bond acceptors (Lipinski definition) is 3. The molecule has 0 radical (unpaired) electrons. The van der Waals surface area contributed by atoms with Crippen LogP contribution in [-0.4, -0.2) is 11.5 Å². The lowest BCUT2D eigenvalue weighted by Crippen LogP contribution is -2.14. The quantitative estimate of drug-likeness (QED) is 0.813. The highest BCUT2D eigenvalue weighted by molar-refractivity contribution is 9.10. The normalized spacial score (nSPS) is 10.3. The van der Waals surface area contributed by atoms with Gasteiger partial charge in [-0.1, -0.05) is 34.2 Å². The van der Waals surface area contributed by atoms with Crippen molar-refractivity contribution in [1.29, 1.82) is 0 Å². The van der Waals surface area contributed by atoms with Gasteiger partial charge in [-0.15, -0.1) is 11.3 Å². The second kappa shape index (κ2) is 6.31. The molecule has 0 aliphatic heterocycles. The second-order valence-electron chi connectivity index (χ2n) is 3.81. The molecule has 0 atom stereocenters. The standard InChI is InChI=1S/C13H13BrN2S2/c14-9-3-4-11(13(15)17)12(8-9)16-6-5-10-2-1-7-18-10/h1-4,7-8,16H,5-6H2,(H2,15,17). The van der Waals surface area contributed by atoms with E-state index in [-0.39, 0.29) is 0 Å². The molecule has 0 fully saturated rings. The number of anilines is 1. The van der Waals surface area contributed by atoms with Gasteiger partial charge in [-0.05, 0) is 36.1 Å². The van der Waals surface area contributed by atoms with E-state index in [0.717, 1.165) is 28.7 Å². The molecule has 0 amide bonds. The molecular formula is C13H13BrN2S2. The van der Waals surface area contributed by atoms with E-state index in [1.165, 1.54) is 4.88 Å². The Morgan fingerprint density at radius 1 is 1.39 bits per heavy atom. The van der Waals surface area contributed by atoms with Gasteiger partial charge in [-0.25, -0.2) is 0 Å². The van der Waals surface area contributed by atoms with Crippen LogP contribution in [0.3, 0.4) is 0 Å². The van der Waals surface area contributed by atoms with Crippen molar-refractivity contribution in [1.82, 2.24) is 0 Å². The van der Waals surface area contributed by atoms with Crippen LogP contribution in [0.5, 0.6) is 0 Å². The maximum absolute atomic E-state index is 5.71. The third-order valence-electron chi connectivity index (χ3n) is 2.51. The highest BCUT2D eigenvalue weighted by atomic mass is 79.9. The van der Waals surface area contributed by atoms with Crippen LogP contribution in [0, 0.1) is 0 Å². The molecule has 0 aliphatic carbocycles. The van der Waals surface area contributed by atoms with Crippen LogP contribution >= 0.6 is 39.5 Å². The molecule has 0 saturated carbocycles. The number of thiophene rings is 1. The van der Waals surface area contributed by atoms with E-state index in [1.54, 1.807) is 11.3 Å². The summed E-state index contributed by atoms with van der Waals surface area (Å²) in [7, 11) is 0. The van der Waals surface area contributed by atoms with Gasteiger partial charge < -0.3 is 11.1 Å². The summed E-state index contributed by atoms with van der Waals surface area (Å²) in [4.78, 5) is 1.79. The van der Waals surface area contributed by atoms with Gasteiger partial charge in [0.1, 0.15) is 4.99 Å². The third-order valence-corrected chi connectivity index (χ3v) is 4.16.